The Hall–Kier alpha value is -1.52. The summed E-state index contributed by atoms with van der Waals surface area (Å²) in [7, 11) is -4.20. The molecule has 0 atom stereocenters. The number of carbonyl (C=O) groups is 1. The summed E-state index contributed by atoms with van der Waals surface area (Å²) in [6, 6.07) is 1.81. The van der Waals surface area contributed by atoms with Crippen LogP contribution in [-0.4, -0.2) is 25.8 Å². The SMILES string of the molecule is CCCCNC(=O)c1cc([N+](=O)[O-])cc(S(N)(=O)=O)c1Br. The van der Waals surface area contributed by atoms with E-state index in [1.54, 1.807) is 0 Å². The van der Waals surface area contributed by atoms with Crippen molar-refractivity contribution in [3.8, 4) is 0 Å². The van der Waals surface area contributed by atoms with Crippen LogP contribution < -0.4 is 10.5 Å². The predicted octanol–water partition coefficient (Wildman–Crippen LogP) is 1.53. The minimum absolute atomic E-state index is 0.0930. The molecule has 0 aliphatic heterocycles. The number of nitrogens with two attached hydrogens (primary N) is 1. The molecule has 1 rings (SSSR count). The van der Waals surface area contributed by atoms with Crippen LogP contribution in [-0.2, 0) is 10.0 Å². The summed E-state index contributed by atoms with van der Waals surface area (Å²) in [6.07, 6.45) is 1.60. The molecule has 10 heteroatoms. The molecule has 116 valence electrons. The highest BCUT2D eigenvalue weighted by molar-refractivity contribution is 9.10. The number of hydrogen-bond donors (Lipinski definition) is 2. The molecule has 1 amide bonds. The van der Waals surface area contributed by atoms with Gasteiger partial charge in [0.15, 0.2) is 0 Å². The van der Waals surface area contributed by atoms with Crippen molar-refractivity contribution < 1.29 is 18.1 Å². The lowest BCUT2D eigenvalue weighted by atomic mass is 10.2. The average Bonchev–Trinajstić information content (AvgIpc) is 2.37. The molecule has 8 nitrogen and oxygen atoms in total. The van der Waals surface area contributed by atoms with Crippen molar-refractivity contribution >= 4 is 37.5 Å². The third-order valence-corrected chi connectivity index (χ3v) is 4.65. The van der Waals surface area contributed by atoms with Gasteiger partial charge in [-0.3, -0.25) is 14.9 Å². The molecule has 0 aliphatic rings. The van der Waals surface area contributed by atoms with Crippen molar-refractivity contribution in [2.75, 3.05) is 6.54 Å². The lowest BCUT2D eigenvalue weighted by Gasteiger charge is -2.09. The molecule has 0 radical (unpaired) electrons. The number of nitrogens with one attached hydrogen (secondary N) is 1. The molecule has 0 saturated heterocycles. The lowest BCUT2D eigenvalue weighted by Crippen LogP contribution is -2.25. The first-order valence-corrected chi connectivity index (χ1v) is 8.31. The fourth-order valence-corrected chi connectivity index (χ4v) is 3.27. The number of nitro groups is 1. The summed E-state index contributed by atoms with van der Waals surface area (Å²) in [4.78, 5) is 21.6. The van der Waals surface area contributed by atoms with Crippen molar-refractivity contribution in [3.05, 3.63) is 32.3 Å². The van der Waals surface area contributed by atoms with E-state index >= 15 is 0 Å². The van der Waals surface area contributed by atoms with Crippen LogP contribution in [0.4, 0.5) is 5.69 Å². The number of amides is 1. The maximum atomic E-state index is 12.0. The second kappa shape index (κ2) is 6.96. The largest absolute Gasteiger partial charge is 0.352 e. The number of rotatable bonds is 6. The highest BCUT2D eigenvalue weighted by Crippen LogP contribution is 2.30. The van der Waals surface area contributed by atoms with E-state index in [0.717, 1.165) is 25.0 Å². The third kappa shape index (κ3) is 4.48. The van der Waals surface area contributed by atoms with Gasteiger partial charge in [0.2, 0.25) is 10.0 Å². The Labute approximate surface area is 130 Å². The van der Waals surface area contributed by atoms with Crippen molar-refractivity contribution in [2.24, 2.45) is 5.14 Å². The van der Waals surface area contributed by atoms with Gasteiger partial charge in [0.25, 0.3) is 11.6 Å². The van der Waals surface area contributed by atoms with Crippen molar-refractivity contribution in [3.63, 3.8) is 0 Å². The van der Waals surface area contributed by atoms with E-state index in [1.165, 1.54) is 0 Å². The van der Waals surface area contributed by atoms with Crippen LogP contribution in [0.25, 0.3) is 0 Å². The molecular formula is C11H14BrN3O5S. The third-order valence-electron chi connectivity index (χ3n) is 2.60. The number of non-ortho nitro benzene ring substituents is 1. The van der Waals surface area contributed by atoms with E-state index in [9.17, 15) is 23.3 Å². The Morgan fingerprint density at radius 1 is 1.48 bits per heavy atom. The smallest absolute Gasteiger partial charge is 0.271 e. The summed E-state index contributed by atoms with van der Waals surface area (Å²) in [5.41, 5.74) is -0.674. The van der Waals surface area contributed by atoms with Crippen LogP contribution in [0, 0.1) is 10.1 Å². The van der Waals surface area contributed by atoms with Crippen LogP contribution in [0.2, 0.25) is 0 Å². The minimum atomic E-state index is -4.20. The highest BCUT2D eigenvalue weighted by Gasteiger charge is 2.24. The van der Waals surface area contributed by atoms with Gasteiger partial charge in [0.05, 0.1) is 15.0 Å². The number of nitrogens with zero attached hydrogens (tertiary/aromatic N) is 1. The number of carbonyl (C=O) groups excluding carboxylic acids is 1. The normalized spacial score (nSPS) is 11.2. The Morgan fingerprint density at radius 3 is 2.57 bits per heavy atom. The first-order valence-electron chi connectivity index (χ1n) is 5.97. The Morgan fingerprint density at radius 2 is 2.10 bits per heavy atom. The van der Waals surface area contributed by atoms with Crippen LogP contribution in [0.3, 0.4) is 0 Å². The number of unbranched alkanes of at least 4 members (excludes halogenated alkanes) is 1. The van der Waals surface area contributed by atoms with Gasteiger partial charge in [0.1, 0.15) is 4.90 Å². The fraction of sp³-hybridized carbons (Fsp3) is 0.364. The molecule has 1 aromatic carbocycles. The van der Waals surface area contributed by atoms with E-state index in [2.05, 4.69) is 21.2 Å². The average molecular weight is 380 g/mol. The summed E-state index contributed by atoms with van der Waals surface area (Å²) in [5, 5.41) is 18.4. The number of nitro benzene ring substituents is 1. The molecule has 0 aliphatic carbocycles. The van der Waals surface area contributed by atoms with Crippen LogP contribution in [0.1, 0.15) is 30.1 Å². The van der Waals surface area contributed by atoms with E-state index in [-0.39, 0.29) is 10.0 Å². The van der Waals surface area contributed by atoms with Crippen molar-refractivity contribution in [1.29, 1.82) is 0 Å². The standard InChI is InChI=1S/C11H14BrN3O5S/c1-2-3-4-14-11(16)8-5-7(15(17)18)6-9(10(8)12)21(13,19)20/h5-6H,2-4H2,1H3,(H,14,16)(H2,13,19,20). The monoisotopic (exact) mass is 379 g/mol. The molecule has 0 saturated carbocycles. The lowest BCUT2D eigenvalue weighted by molar-refractivity contribution is -0.385. The van der Waals surface area contributed by atoms with Gasteiger partial charge in [0, 0.05) is 18.7 Å². The highest BCUT2D eigenvalue weighted by atomic mass is 79.9. The molecule has 0 unspecified atom stereocenters. The molecule has 0 heterocycles. The summed E-state index contributed by atoms with van der Waals surface area (Å²) >= 11 is 2.97. The van der Waals surface area contributed by atoms with Gasteiger partial charge in [-0.15, -0.1) is 0 Å². The molecule has 3 N–H and O–H groups in total. The molecule has 21 heavy (non-hydrogen) atoms. The summed E-state index contributed by atoms with van der Waals surface area (Å²) in [5.74, 6) is -0.607. The summed E-state index contributed by atoms with van der Waals surface area (Å²) < 4.78 is 22.8. The van der Waals surface area contributed by atoms with Crippen LogP contribution in [0.15, 0.2) is 21.5 Å². The van der Waals surface area contributed by atoms with Gasteiger partial charge in [-0.2, -0.15) is 0 Å². The maximum absolute atomic E-state index is 12.0. The maximum Gasteiger partial charge on any atom is 0.271 e. The molecule has 0 spiro atoms. The van der Waals surface area contributed by atoms with E-state index in [4.69, 9.17) is 5.14 Å². The quantitative estimate of drug-likeness (QED) is 0.439. The molecular weight excluding hydrogens is 366 g/mol. The molecule has 0 aromatic heterocycles. The minimum Gasteiger partial charge on any atom is -0.352 e. The zero-order chi connectivity index (χ0) is 16.2. The zero-order valence-corrected chi connectivity index (χ0v) is 13.5. The van der Waals surface area contributed by atoms with Gasteiger partial charge in [-0.25, -0.2) is 13.6 Å². The topological polar surface area (TPSA) is 132 Å². The number of halogens is 1. The second-order valence-electron chi connectivity index (χ2n) is 4.22. The number of hydrogen-bond acceptors (Lipinski definition) is 5. The Balaban J connectivity index is 3.34. The molecule has 0 bridgehead atoms. The molecule has 1 aromatic rings. The van der Waals surface area contributed by atoms with E-state index < -0.39 is 31.4 Å². The van der Waals surface area contributed by atoms with Crippen LogP contribution in [0.5, 0.6) is 0 Å². The fourth-order valence-electron chi connectivity index (χ4n) is 1.53. The number of sulfonamides is 1. The van der Waals surface area contributed by atoms with Gasteiger partial charge < -0.3 is 5.32 Å². The van der Waals surface area contributed by atoms with Crippen LogP contribution >= 0.6 is 15.9 Å². The number of primary sulfonamides is 1. The van der Waals surface area contributed by atoms with Crippen molar-refractivity contribution in [2.45, 2.75) is 24.7 Å². The first kappa shape index (κ1) is 17.5. The van der Waals surface area contributed by atoms with Gasteiger partial charge in [-0.1, -0.05) is 13.3 Å². The second-order valence-corrected chi connectivity index (χ2v) is 6.54. The van der Waals surface area contributed by atoms with E-state index in [1.807, 2.05) is 6.92 Å². The summed E-state index contributed by atoms with van der Waals surface area (Å²) in [6.45, 7) is 2.32. The molecule has 0 fully saturated rings. The van der Waals surface area contributed by atoms with Gasteiger partial charge in [-0.05, 0) is 22.4 Å². The van der Waals surface area contributed by atoms with Gasteiger partial charge >= 0.3 is 0 Å². The van der Waals surface area contributed by atoms with E-state index in [0.29, 0.717) is 6.54 Å². The number of benzene rings is 1. The zero-order valence-electron chi connectivity index (χ0n) is 11.1. The predicted molar refractivity (Wildman–Crippen MR) is 79.4 cm³/mol. The Bertz CT molecular complexity index is 675. The van der Waals surface area contributed by atoms with Crippen molar-refractivity contribution in [1.82, 2.24) is 5.32 Å². The Kier molecular flexibility index (Phi) is 5.81. The first-order chi connectivity index (χ1) is 9.68.